The lowest BCUT2D eigenvalue weighted by molar-refractivity contribution is -0.138. The van der Waals surface area contributed by atoms with Crippen molar-refractivity contribution in [1.82, 2.24) is 15.0 Å². The van der Waals surface area contributed by atoms with Crippen molar-refractivity contribution in [3.63, 3.8) is 0 Å². The summed E-state index contributed by atoms with van der Waals surface area (Å²) in [5, 5.41) is 16.6. The van der Waals surface area contributed by atoms with Crippen molar-refractivity contribution in [2.45, 2.75) is 19.0 Å². The molecule has 1 unspecified atom stereocenters. The summed E-state index contributed by atoms with van der Waals surface area (Å²) >= 11 is 0. The summed E-state index contributed by atoms with van der Waals surface area (Å²) in [6.07, 6.45) is 1.90. The Labute approximate surface area is 104 Å². The number of benzene rings is 1. The molecule has 0 amide bonds. The zero-order valence-electron chi connectivity index (χ0n) is 9.73. The first-order valence-electron chi connectivity index (χ1n) is 5.56. The van der Waals surface area contributed by atoms with Crippen LogP contribution >= 0.6 is 0 Å². The summed E-state index contributed by atoms with van der Waals surface area (Å²) in [5.41, 5.74) is 7.13. The summed E-state index contributed by atoms with van der Waals surface area (Å²) in [7, 11) is 0. The molecule has 0 fully saturated rings. The highest BCUT2D eigenvalue weighted by Crippen LogP contribution is 2.03. The fourth-order valence-corrected chi connectivity index (χ4v) is 1.59. The van der Waals surface area contributed by atoms with Crippen molar-refractivity contribution in [2.24, 2.45) is 5.73 Å². The van der Waals surface area contributed by atoms with Gasteiger partial charge in [0.1, 0.15) is 6.04 Å². The fourth-order valence-electron chi connectivity index (χ4n) is 1.59. The SMILES string of the molecule is NC(Cc1cn(Cc2ccccc2)nn1)C(=O)O. The summed E-state index contributed by atoms with van der Waals surface area (Å²) in [4.78, 5) is 10.6. The smallest absolute Gasteiger partial charge is 0.320 e. The molecule has 0 radical (unpaired) electrons. The van der Waals surface area contributed by atoms with Gasteiger partial charge < -0.3 is 10.8 Å². The van der Waals surface area contributed by atoms with E-state index in [2.05, 4.69) is 10.3 Å². The molecule has 0 bridgehead atoms. The van der Waals surface area contributed by atoms with E-state index in [9.17, 15) is 4.79 Å². The molecular formula is C12H14N4O2. The Hall–Kier alpha value is -2.21. The van der Waals surface area contributed by atoms with Gasteiger partial charge in [-0.15, -0.1) is 5.10 Å². The first kappa shape index (κ1) is 12.3. The Balaban J connectivity index is 2.00. The second kappa shape index (κ2) is 5.42. The first-order chi connectivity index (χ1) is 8.65. The van der Waals surface area contributed by atoms with Crippen LogP contribution in [0.3, 0.4) is 0 Å². The van der Waals surface area contributed by atoms with Gasteiger partial charge in [-0.2, -0.15) is 0 Å². The Morgan fingerprint density at radius 2 is 2.11 bits per heavy atom. The largest absolute Gasteiger partial charge is 0.480 e. The van der Waals surface area contributed by atoms with E-state index in [-0.39, 0.29) is 6.42 Å². The van der Waals surface area contributed by atoms with Crippen molar-refractivity contribution >= 4 is 5.97 Å². The maximum Gasteiger partial charge on any atom is 0.320 e. The highest BCUT2D eigenvalue weighted by atomic mass is 16.4. The van der Waals surface area contributed by atoms with Crippen LogP contribution < -0.4 is 5.73 Å². The van der Waals surface area contributed by atoms with Gasteiger partial charge in [-0.05, 0) is 5.56 Å². The Morgan fingerprint density at radius 3 is 2.78 bits per heavy atom. The minimum Gasteiger partial charge on any atom is -0.480 e. The molecule has 6 nitrogen and oxygen atoms in total. The van der Waals surface area contributed by atoms with Crippen LogP contribution in [0.1, 0.15) is 11.3 Å². The quantitative estimate of drug-likeness (QED) is 0.790. The average molecular weight is 246 g/mol. The summed E-state index contributed by atoms with van der Waals surface area (Å²) < 4.78 is 1.67. The third-order valence-corrected chi connectivity index (χ3v) is 2.52. The third-order valence-electron chi connectivity index (χ3n) is 2.52. The molecule has 0 aliphatic carbocycles. The van der Waals surface area contributed by atoms with Crippen LogP contribution in [0, 0.1) is 0 Å². The highest BCUT2D eigenvalue weighted by molar-refractivity contribution is 5.73. The molecule has 6 heteroatoms. The molecule has 3 N–H and O–H groups in total. The van der Waals surface area contributed by atoms with Gasteiger partial charge in [-0.3, -0.25) is 4.79 Å². The fraction of sp³-hybridized carbons (Fsp3) is 0.250. The molecule has 1 atom stereocenters. The lowest BCUT2D eigenvalue weighted by Crippen LogP contribution is -2.32. The van der Waals surface area contributed by atoms with Gasteiger partial charge >= 0.3 is 5.97 Å². The summed E-state index contributed by atoms with van der Waals surface area (Å²) in [6.45, 7) is 0.607. The maximum absolute atomic E-state index is 10.6. The van der Waals surface area contributed by atoms with Crippen molar-refractivity contribution in [3.05, 3.63) is 47.8 Å². The molecule has 18 heavy (non-hydrogen) atoms. The minimum absolute atomic E-state index is 0.185. The number of rotatable bonds is 5. The van der Waals surface area contributed by atoms with Gasteiger partial charge in [0.25, 0.3) is 0 Å². The van der Waals surface area contributed by atoms with Crippen LogP contribution in [0.5, 0.6) is 0 Å². The van der Waals surface area contributed by atoms with E-state index >= 15 is 0 Å². The van der Waals surface area contributed by atoms with Gasteiger partial charge in [0, 0.05) is 12.6 Å². The van der Waals surface area contributed by atoms with E-state index in [0.717, 1.165) is 5.56 Å². The molecule has 2 rings (SSSR count). The van der Waals surface area contributed by atoms with E-state index in [0.29, 0.717) is 12.2 Å². The van der Waals surface area contributed by atoms with E-state index in [1.165, 1.54) is 0 Å². The predicted molar refractivity (Wildman–Crippen MR) is 64.9 cm³/mol. The molecule has 1 heterocycles. The van der Waals surface area contributed by atoms with Crippen LogP contribution in [0.15, 0.2) is 36.5 Å². The molecule has 0 aliphatic rings. The standard InChI is InChI=1S/C12H14N4O2/c13-11(12(17)18)6-10-8-16(15-14-10)7-9-4-2-1-3-5-9/h1-5,8,11H,6-7,13H2,(H,17,18). The number of aromatic nitrogens is 3. The molecule has 0 saturated carbocycles. The average Bonchev–Trinajstić information content (AvgIpc) is 2.77. The molecule has 0 saturated heterocycles. The van der Waals surface area contributed by atoms with Gasteiger partial charge in [0.05, 0.1) is 12.2 Å². The zero-order chi connectivity index (χ0) is 13.0. The van der Waals surface area contributed by atoms with Crippen LogP contribution in [0.2, 0.25) is 0 Å². The van der Waals surface area contributed by atoms with Crippen LogP contribution in [-0.4, -0.2) is 32.1 Å². The number of hydrogen-bond donors (Lipinski definition) is 2. The third kappa shape index (κ3) is 3.14. The molecule has 0 spiro atoms. The first-order valence-corrected chi connectivity index (χ1v) is 5.56. The topological polar surface area (TPSA) is 94.0 Å². The van der Waals surface area contributed by atoms with Gasteiger partial charge in [-0.1, -0.05) is 35.5 Å². The van der Waals surface area contributed by atoms with Crippen LogP contribution in [0.25, 0.3) is 0 Å². The monoisotopic (exact) mass is 246 g/mol. The van der Waals surface area contributed by atoms with Gasteiger partial charge in [0.15, 0.2) is 0 Å². The van der Waals surface area contributed by atoms with Crippen LogP contribution in [-0.2, 0) is 17.8 Å². The number of aliphatic carboxylic acids is 1. The molecule has 0 aliphatic heterocycles. The zero-order valence-corrected chi connectivity index (χ0v) is 9.73. The normalized spacial score (nSPS) is 12.3. The molecular weight excluding hydrogens is 232 g/mol. The minimum atomic E-state index is -1.03. The van der Waals surface area contributed by atoms with Crippen molar-refractivity contribution in [3.8, 4) is 0 Å². The van der Waals surface area contributed by atoms with E-state index in [4.69, 9.17) is 10.8 Å². The summed E-state index contributed by atoms with van der Waals surface area (Å²) in [6, 6.07) is 8.89. The Bertz CT molecular complexity index is 524. The highest BCUT2D eigenvalue weighted by Gasteiger charge is 2.14. The number of nitrogens with two attached hydrogens (primary N) is 1. The van der Waals surface area contributed by atoms with Gasteiger partial charge in [-0.25, -0.2) is 4.68 Å². The molecule has 94 valence electrons. The lowest BCUT2D eigenvalue weighted by atomic mass is 10.2. The van der Waals surface area contributed by atoms with E-state index in [1.54, 1.807) is 10.9 Å². The number of carboxylic acids is 1. The number of carboxylic acid groups (broad SMARTS) is 1. The maximum atomic E-state index is 10.6. The van der Waals surface area contributed by atoms with E-state index < -0.39 is 12.0 Å². The van der Waals surface area contributed by atoms with Crippen LogP contribution in [0.4, 0.5) is 0 Å². The number of nitrogens with zero attached hydrogens (tertiary/aromatic N) is 3. The van der Waals surface area contributed by atoms with Crippen molar-refractivity contribution < 1.29 is 9.90 Å². The lowest BCUT2D eigenvalue weighted by Gasteiger charge is -2.02. The number of hydrogen-bond acceptors (Lipinski definition) is 4. The molecule has 1 aromatic heterocycles. The van der Waals surface area contributed by atoms with Gasteiger partial charge in [0.2, 0.25) is 0 Å². The second-order valence-corrected chi connectivity index (χ2v) is 4.04. The Kier molecular flexibility index (Phi) is 3.69. The number of carbonyl (C=O) groups is 1. The van der Waals surface area contributed by atoms with Crippen molar-refractivity contribution in [1.29, 1.82) is 0 Å². The van der Waals surface area contributed by atoms with Crippen molar-refractivity contribution in [2.75, 3.05) is 0 Å². The predicted octanol–water partition coefficient (Wildman–Crippen LogP) is 0.281. The second-order valence-electron chi connectivity index (χ2n) is 4.04. The molecule has 2 aromatic rings. The summed E-state index contributed by atoms with van der Waals surface area (Å²) in [5.74, 6) is -1.03. The molecule has 1 aromatic carbocycles. The Morgan fingerprint density at radius 1 is 1.39 bits per heavy atom. The van der Waals surface area contributed by atoms with E-state index in [1.807, 2.05) is 30.3 Å².